The van der Waals surface area contributed by atoms with E-state index >= 15 is 0 Å². The normalized spacial score (nSPS) is 16.1. The van der Waals surface area contributed by atoms with Gasteiger partial charge in [0.25, 0.3) is 5.91 Å². The summed E-state index contributed by atoms with van der Waals surface area (Å²) in [5.41, 5.74) is 1.49. The van der Waals surface area contributed by atoms with Gasteiger partial charge >= 0.3 is 0 Å². The third-order valence-electron chi connectivity index (χ3n) is 3.53. The lowest BCUT2D eigenvalue weighted by Crippen LogP contribution is -2.36. The van der Waals surface area contributed by atoms with Gasteiger partial charge < -0.3 is 10.6 Å². The molecule has 0 atom stereocenters. The first-order valence-corrected chi connectivity index (χ1v) is 7.42. The van der Waals surface area contributed by atoms with Crippen LogP contribution < -0.4 is 10.6 Å². The molecule has 3 nitrogen and oxygen atoms in total. The molecule has 1 saturated carbocycles. The van der Waals surface area contributed by atoms with Crippen molar-refractivity contribution in [1.29, 1.82) is 0 Å². The number of anilines is 1. The van der Waals surface area contributed by atoms with Gasteiger partial charge in [0.1, 0.15) is 0 Å². The second kappa shape index (κ2) is 6.80. The predicted octanol–water partition coefficient (Wildman–Crippen LogP) is 3.83. The highest BCUT2D eigenvalue weighted by Gasteiger charge is 2.18. The zero-order chi connectivity index (χ0) is 13.7. The summed E-state index contributed by atoms with van der Waals surface area (Å²) in [5.74, 6) is -0.0228. The molecular weight excluding hydrogens is 260 g/mol. The van der Waals surface area contributed by atoms with Crippen molar-refractivity contribution in [3.63, 3.8) is 0 Å². The number of hydrogen-bond acceptors (Lipinski definition) is 2. The van der Waals surface area contributed by atoms with Crippen LogP contribution in [0.1, 0.15) is 49.4 Å². The van der Waals surface area contributed by atoms with E-state index in [1.54, 1.807) is 12.1 Å². The molecule has 2 N–H and O–H groups in total. The summed E-state index contributed by atoms with van der Waals surface area (Å²) in [6.07, 6.45) is 5.87. The van der Waals surface area contributed by atoms with E-state index in [1.807, 2.05) is 13.0 Å². The molecule has 4 heteroatoms. The second-order valence-corrected chi connectivity index (χ2v) is 5.47. The van der Waals surface area contributed by atoms with Crippen LogP contribution in [0, 0.1) is 0 Å². The SMILES string of the molecule is CCNc1ccc(Cl)cc1C(=O)NC1CCCCC1. The first-order valence-electron chi connectivity index (χ1n) is 7.05. The molecule has 0 radical (unpaired) electrons. The van der Waals surface area contributed by atoms with Gasteiger partial charge in [-0.3, -0.25) is 4.79 Å². The molecule has 1 amide bonds. The average Bonchev–Trinajstić information content (AvgIpc) is 2.42. The Morgan fingerprint density at radius 2 is 2.05 bits per heavy atom. The van der Waals surface area contributed by atoms with Crippen LogP contribution in [-0.2, 0) is 0 Å². The number of halogens is 1. The number of nitrogens with one attached hydrogen (secondary N) is 2. The summed E-state index contributed by atoms with van der Waals surface area (Å²) in [4.78, 5) is 12.4. The summed E-state index contributed by atoms with van der Waals surface area (Å²) >= 11 is 6.00. The van der Waals surface area contributed by atoms with E-state index < -0.39 is 0 Å². The zero-order valence-corrected chi connectivity index (χ0v) is 12.1. The van der Waals surface area contributed by atoms with Crippen LogP contribution in [0.15, 0.2) is 18.2 Å². The molecule has 0 aromatic heterocycles. The highest BCUT2D eigenvalue weighted by Crippen LogP contribution is 2.22. The van der Waals surface area contributed by atoms with Crippen molar-refractivity contribution in [2.75, 3.05) is 11.9 Å². The maximum atomic E-state index is 12.4. The van der Waals surface area contributed by atoms with Crippen LogP contribution >= 0.6 is 11.6 Å². The fourth-order valence-electron chi connectivity index (χ4n) is 2.56. The Kier molecular flexibility index (Phi) is 5.08. The van der Waals surface area contributed by atoms with Crippen molar-refractivity contribution in [1.82, 2.24) is 5.32 Å². The van der Waals surface area contributed by atoms with Gasteiger partial charge in [-0.05, 0) is 38.0 Å². The molecule has 0 aliphatic heterocycles. The molecule has 104 valence electrons. The van der Waals surface area contributed by atoms with E-state index in [4.69, 9.17) is 11.6 Å². The Balaban J connectivity index is 2.10. The molecule has 19 heavy (non-hydrogen) atoms. The van der Waals surface area contributed by atoms with Crippen molar-refractivity contribution in [2.45, 2.75) is 45.1 Å². The highest BCUT2D eigenvalue weighted by molar-refractivity contribution is 6.31. The van der Waals surface area contributed by atoms with Crippen molar-refractivity contribution < 1.29 is 4.79 Å². The van der Waals surface area contributed by atoms with Gasteiger partial charge in [0.2, 0.25) is 0 Å². The first kappa shape index (κ1) is 14.2. The van der Waals surface area contributed by atoms with Gasteiger partial charge in [-0.25, -0.2) is 0 Å². The molecule has 1 fully saturated rings. The number of amides is 1. The summed E-state index contributed by atoms with van der Waals surface area (Å²) < 4.78 is 0. The van der Waals surface area contributed by atoms with E-state index in [2.05, 4.69) is 10.6 Å². The Morgan fingerprint density at radius 3 is 2.74 bits per heavy atom. The van der Waals surface area contributed by atoms with Gasteiger partial charge in [-0.2, -0.15) is 0 Å². The van der Waals surface area contributed by atoms with Crippen LogP contribution in [0.2, 0.25) is 5.02 Å². The number of carbonyl (C=O) groups excluding carboxylic acids is 1. The minimum atomic E-state index is -0.0228. The van der Waals surface area contributed by atoms with Crippen LogP contribution in [0.25, 0.3) is 0 Å². The summed E-state index contributed by atoms with van der Waals surface area (Å²) in [6, 6.07) is 5.71. The van der Waals surface area contributed by atoms with E-state index in [1.165, 1.54) is 19.3 Å². The summed E-state index contributed by atoms with van der Waals surface area (Å²) in [5, 5.41) is 6.92. The molecule has 0 heterocycles. The second-order valence-electron chi connectivity index (χ2n) is 5.03. The molecule has 1 aromatic carbocycles. The predicted molar refractivity (Wildman–Crippen MR) is 80.0 cm³/mol. The van der Waals surface area contributed by atoms with Crippen LogP contribution in [0.5, 0.6) is 0 Å². The maximum absolute atomic E-state index is 12.4. The molecular formula is C15H21ClN2O. The van der Waals surface area contributed by atoms with E-state index in [0.29, 0.717) is 16.6 Å². The third-order valence-corrected chi connectivity index (χ3v) is 3.77. The van der Waals surface area contributed by atoms with Crippen LogP contribution in [0.4, 0.5) is 5.69 Å². The summed E-state index contributed by atoms with van der Waals surface area (Å²) in [6.45, 7) is 2.79. The molecule has 0 bridgehead atoms. The fourth-order valence-corrected chi connectivity index (χ4v) is 2.73. The first-order chi connectivity index (χ1) is 9.20. The molecule has 1 aromatic rings. The molecule has 0 unspecified atom stereocenters. The molecule has 1 aliphatic carbocycles. The lowest BCUT2D eigenvalue weighted by Gasteiger charge is -2.23. The Morgan fingerprint density at radius 1 is 1.32 bits per heavy atom. The Bertz CT molecular complexity index is 442. The number of hydrogen-bond donors (Lipinski definition) is 2. The van der Waals surface area contributed by atoms with Gasteiger partial charge in [-0.1, -0.05) is 30.9 Å². The van der Waals surface area contributed by atoms with Crippen LogP contribution in [0.3, 0.4) is 0 Å². The molecule has 1 aliphatic rings. The van der Waals surface area contributed by atoms with Crippen molar-refractivity contribution in [2.24, 2.45) is 0 Å². The lowest BCUT2D eigenvalue weighted by molar-refractivity contribution is 0.0928. The van der Waals surface area contributed by atoms with E-state index in [9.17, 15) is 4.79 Å². The smallest absolute Gasteiger partial charge is 0.253 e. The van der Waals surface area contributed by atoms with E-state index in [-0.39, 0.29) is 5.91 Å². The fraction of sp³-hybridized carbons (Fsp3) is 0.533. The lowest BCUT2D eigenvalue weighted by atomic mass is 9.95. The molecule has 2 rings (SSSR count). The minimum Gasteiger partial charge on any atom is -0.385 e. The van der Waals surface area contributed by atoms with Gasteiger partial charge in [0.05, 0.1) is 5.56 Å². The van der Waals surface area contributed by atoms with Crippen molar-refractivity contribution in [3.05, 3.63) is 28.8 Å². The van der Waals surface area contributed by atoms with Crippen molar-refractivity contribution in [3.8, 4) is 0 Å². The van der Waals surface area contributed by atoms with Gasteiger partial charge in [0.15, 0.2) is 0 Å². The highest BCUT2D eigenvalue weighted by atomic mass is 35.5. The summed E-state index contributed by atoms with van der Waals surface area (Å²) in [7, 11) is 0. The molecule has 0 saturated heterocycles. The van der Waals surface area contributed by atoms with E-state index in [0.717, 1.165) is 25.1 Å². The van der Waals surface area contributed by atoms with Gasteiger partial charge in [-0.15, -0.1) is 0 Å². The maximum Gasteiger partial charge on any atom is 0.253 e. The number of benzene rings is 1. The standard InChI is InChI=1S/C15H21ClN2O/c1-2-17-14-9-8-11(16)10-13(14)15(19)18-12-6-4-3-5-7-12/h8-10,12,17H,2-7H2,1H3,(H,18,19). The van der Waals surface area contributed by atoms with Gasteiger partial charge in [0, 0.05) is 23.3 Å². The third kappa shape index (κ3) is 3.87. The largest absolute Gasteiger partial charge is 0.385 e. The topological polar surface area (TPSA) is 41.1 Å². The monoisotopic (exact) mass is 280 g/mol. The van der Waals surface area contributed by atoms with Crippen molar-refractivity contribution >= 4 is 23.2 Å². The number of carbonyl (C=O) groups is 1. The zero-order valence-electron chi connectivity index (χ0n) is 11.3. The van der Waals surface area contributed by atoms with Crippen LogP contribution in [-0.4, -0.2) is 18.5 Å². The minimum absolute atomic E-state index is 0.0228. The average molecular weight is 281 g/mol. The molecule has 0 spiro atoms. The quantitative estimate of drug-likeness (QED) is 0.880. The Hall–Kier alpha value is -1.22. The number of rotatable bonds is 4. The Labute approximate surface area is 119 Å².